The minimum Gasteiger partial charge on any atom is -0.530 e. The van der Waals surface area contributed by atoms with Crippen molar-refractivity contribution in [2.24, 2.45) is 5.92 Å². The summed E-state index contributed by atoms with van der Waals surface area (Å²) in [6.07, 6.45) is 3.09. The molecule has 104 valence electrons. The third-order valence-corrected chi connectivity index (χ3v) is 3.68. The summed E-state index contributed by atoms with van der Waals surface area (Å²) in [7, 11) is 0. The number of hydrogen-bond donors (Lipinski definition) is 0. The lowest BCUT2D eigenvalue weighted by molar-refractivity contribution is -0.274. The smallest absolute Gasteiger partial charge is 0.137 e. The summed E-state index contributed by atoms with van der Waals surface area (Å²) in [5.74, 6) is 0.661. The molecule has 0 aromatic carbocycles. The van der Waals surface area contributed by atoms with E-state index in [2.05, 4.69) is 0 Å². The third kappa shape index (κ3) is 4.00. The Morgan fingerprint density at radius 2 is 1.67 bits per heavy atom. The first-order valence-corrected chi connectivity index (χ1v) is 6.71. The number of carbonyl (C=O) groups excluding carboxylic acids is 2. The molecule has 18 heavy (non-hydrogen) atoms. The van der Waals surface area contributed by atoms with Crippen LogP contribution in [0, 0.1) is 5.92 Å². The van der Waals surface area contributed by atoms with Gasteiger partial charge in [-0.15, -0.1) is 0 Å². The summed E-state index contributed by atoms with van der Waals surface area (Å²) in [6.45, 7) is 7.30. The van der Waals surface area contributed by atoms with E-state index in [4.69, 9.17) is 0 Å². The normalized spacial score (nSPS) is 24.7. The zero-order valence-electron chi connectivity index (χ0n) is 11.9. The van der Waals surface area contributed by atoms with Crippen molar-refractivity contribution in [3.05, 3.63) is 0 Å². The van der Waals surface area contributed by atoms with Crippen LogP contribution < -0.4 is 5.11 Å². The van der Waals surface area contributed by atoms with Gasteiger partial charge in [0.1, 0.15) is 11.9 Å². The maximum absolute atomic E-state index is 11.3. The van der Waals surface area contributed by atoms with Gasteiger partial charge in [-0.25, -0.2) is 0 Å². The molecule has 0 heterocycles. The van der Waals surface area contributed by atoms with Gasteiger partial charge < -0.3 is 19.6 Å². The number of ketones is 1. The molecule has 0 N–H and O–H groups in total. The average Bonchev–Trinajstić information content (AvgIpc) is 2.17. The zero-order chi connectivity index (χ0) is 13.9. The predicted octanol–water partition coefficient (Wildman–Crippen LogP) is 1.97. The fraction of sp³-hybridized carbons (Fsp3) is 0.857. The van der Waals surface area contributed by atoms with E-state index < -0.39 is 11.6 Å². The number of hydrogen-bond acceptors (Lipinski definition) is 3. The van der Waals surface area contributed by atoms with Crippen LogP contribution in [0.3, 0.4) is 0 Å². The van der Waals surface area contributed by atoms with Crippen molar-refractivity contribution in [3.63, 3.8) is 0 Å². The molecule has 0 aromatic rings. The van der Waals surface area contributed by atoms with Crippen LogP contribution in [-0.2, 0) is 4.79 Å². The first-order valence-electron chi connectivity index (χ1n) is 6.71. The molecule has 1 rings (SSSR count). The summed E-state index contributed by atoms with van der Waals surface area (Å²) in [5, 5.41) is 11.3. The lowest BCUT2D eigenvalue weighted by atomic mass is 9.81. The molecule has 4 heteroatoms. The van der Waals surface area contributed by atoms with Crippen LogP contribution in [0.1, 0.15) is 59.8 Å². The van der Waals surface area contributed by atoms with Crippen molar-refractivity contribution >= 4 is 11.9 Å². The number of carbonyl (C=O) groups is 2. The molecule has 1 aliphatic carbocycles. The molecule has 4 nitrogen and oxygen atoms in total. The number of carboxylic acid groups (broad SMARTS) is 1. The molecule has 1 amide bonds. The molecule has 0 aliphatic heterocycles. The van der Waals surface area contributed by atoms with Crippen molar-refractivity contribution in [3.8, 4) is 0 Å². The highest BCUT2D eigenvalue weighted by Gasteiger charge is 2.32. The number of nitrogens with zero attached hydrogens (tertiary/aromatic N) is 1. The maximum atomic E-state index is 11.3. The molecule has 0 saturated heterocycles. The SMILES string of the molecule is CC(=O)CC1CCC(N(C(=O)[O-])C(C)(C)C)CC1. The Kier molecular flexibility index (Phi) is 4.77. The van der Waals surface area contributed by atoms with Crippen LogP contribution in [-0.4, -0.2) is 28.4 Å². The zero-order valence-corrected chi connectivity index (χ0v) is 11.9. The van der Waals surface area contributed by atoms with Gasteiger partial charge in [-0.05, 0) is 59.3 Å². The van der Waals surface area contributed by atoms with Crippen molar-refractivity contribution < 1.29 is 14.7 Å². The Morgan fingerprint density at radius 1 is 1.17 bits per heavy atom. The fourth-order valence-electron chi connectivity index (χ4n) is 2.98. The van der Waals surface area contributed by atoms with Crippen LogP contribution in [0.2, 0.25) is 0 Å². The molecule has 0 aromatic heterocycles. The third-order valence-electron chi connectivity index (χ3n) is 3.68. The number of rotatable bonds is 3. The molecule has 0 spiro atoms. The number of amides is 1. The Bertz CT molecular complexity index is 311. The first-order chi connectivity index (χ1) is 8.21. The fourth-order valence-corrected chi connectivity index (χ4v) is 2.98. The molecule has 0 unspecified atom stereocenters. The van der Waals surface area contributed by atoms with Crippen LogP contribution in [0.15, 0.2) is 0 Å². The highest BCUT2D eigenvalue weighted by molar-refractivity contribution is 5.75. The van der Waals surface area contributed by atoms with Gasteiger partial charge in [-0.3, -0.25) is 0 Å². The lowest BCUT2D eigenvalue weighted by Crippen LogP contribution is -2.57. The van der Waals surface area contributed by atoms with E-state index in [9.17, 15) is 14.7 Å². The predicted molar refractivity (Wildman–Crippen MR) is 68.0 cm³/mol. The largest absolute Gasteiger partial charge is 0.530 e. The van der Waals surface area contributed by atoms with Crippen LogP contribution in [0.4, 0.5) is 4.79 Å². The molecular weight excluding hydrogens is 230 g/mol. The highest BCUT2D eigenvalue weighted by atomic mass is 16.4. The van der Waals surface area contributed by atoms with Crippen molar-refractivity contribution in [2.75, 3.05) is 0 Å². The van der Waals surface area contributed by atoms with Crippen LogP contribution >= 0.6 is 0 Å². The Labute approximate surface area is 109 Å². The van der Waals surface area contributed by atoms with Gasteiger partial charge in [0.15, 0.2) is 0 Å². The second-order valence-corrected chi connectivity index (χ2v) is 6.39. The van der Waals surface area contributed by atoms with E-state index in [1.54, 1.807) is 6.92 Å². The summed E-state index contributed by atoms with van der Waals surface area (Å²) in [4.78, 5) is 23.8. The second kappa shape index (κ2) is 5.72. The van der Waals surface area contributed by atoms with Crippen molar-refractivity contribution in [2.45, 2.75) is 71.4 Å². The van der Waals surface area contributed by atoms with Crippen molar-refractivity contribution in [1.82, 2.24) is 4.90 Å². The van der Waals surface area contributed by atoms with Gasteiger partial charge in [-0.2, -0.15) is 0 Å². The standard InChI is InChI=1S/C14H25NO3/c1-10(16)9-11-5-7-12(8-6-11)15(13(17)18)14(2,3)4/h11-12H,5-9H2,1-4H3,(H,17,18)/p-1. The van der Waals surface area contributed by atoms with Gasteiger partial charge in [0.2, 0.25) is 0 Å². The molecule has 1 saturated carbocycles. The summed E-state index contributed by atoms with van der Waals surface area (Å²) in [5.41, 5.74) is -0.420. The van der Waals surface area contributed by atoms with E-state index in [-0.39, 0.29) is 11.8 Å². The van der Waals surface area contributed by atoms with Gasteiger partial charge >= 0.3 is 0 Å². The van der Waals surface area contributed by atoms with Gasteiger partial charge in [0, 0.05) is 18.0 Å². The second-order valence-electron chi connectivity index (χ2n) is 6.39. The molecule has 0 atom stereocenters. The van der Waals surface area contributed by atoms with Crippen molar-refractivity contribution in [1.29, 1.82) is 0 Å². The van der Waals surface area contributed by atoms with E-state index in [1.165, 1.54) is 4.90 Å². The molecule has 0 radical (unpaired) electrons. The van der Waals surface area contributed by atoms with Gasteiger partial charge in [0.25, 0.3) is 0 Å². The van der Waals surface area contributed by atoms with Gasteiger partial charge in [-0.1, -0.05) is 0 Å². The average molecular weight is 254 g/mol. The van der Waals surface area contributed by atoms with E-state index in [0.717, 1.165) is 25.7 Å². The van der Waals surface area contributed by atoms with Gasteiger partial charge in [0.05, 0.1) is 0 Å². The highest BCUT2D eigenvalue weighted by Crippen LogP contribution is 2.32. The Balaban J connectivity index is 2.60. The number of Topliss-reactive ketones (excluding diaryl/α,β-unsaturated/α-hetero) is 1. The quantitative estimate of drug-likeness (QED) is 0.773. The maximum Gasteiger partial charge on any atom is 0.137 e. The topological polar surface area (TPSA) is 60.4 Å². The summed E-state index contributed by atoms with van der Waals surface area (Å²) in [6, 6.07) is 0.0400. The Hall–Kier alpha value is -1.06. The lowest BCUT2D eigenvalue weighted by Gasteiger charge is -2.46. The minimum atomic E-state index is -1.09. The monoisotopic (exact) mass is 254 g/mol. The first kappa shape index (κ1) is 15.0. The molecule has 0 bridgehead atoms. The molecule has 1 aliphatic rings. The van der Waals surface area contributed by atoms with E-state index in [1.807, 2.05) is 20.8 Å². The van der Waals surface area contributed by atoms with Crippen LogP contribution in [0.5, 0.6) is 0 Å². The minimum absolute atomic E-state index is 0.0400. The summed E-state index contributed by atoms with van der Waals surface area (Å²) >= 11 is 0. The van der Waals surface area contributed by atoms with Crippen LogP contribution in [0.25, 0.3) is 0 Å². The molecule has 1 fully saturated rings. The summed E-state index contributed by atoms with van der Waals surface area (Å²) < 4.78 is 0. The Morgan fingerprint density at radius 3 is 2.00 bits per heavy atom. The molecular formula is C14H24NO3-. The van der Waals surface area contributed by atoms with E-state index in [0.29, 0.717) is 12.3 Å². The van der Waals surface area contributed by atoms with E-state index >= 15 is 0 Å².